The van der Waals surface area contributed by atoms with Crippen LogP contribution < -0.4 is 4.90 Å². The maximum Gasteiger partial charge on any atom is 0.415 e. The maximum absolute atomic E-state index is 11.7. The lowest BCUT2D eigenvalue weighted by atomic mass is 9.87. The average Bonchev–Trinajstić information content (AvgIpc) is 3.44. The molecule has 0 aromatic carbocycles. The summed E-state index contributed by atoms with van der Waals surface area (Å²) < 4.78 is 12.7. The topological polar surface area (TPSA) is 82.4 Å². The molecule has 2 aromatic heterocycles. The fraction of sp³-hybridized carbons (Fsp3) is 0.263. The van der Waals surface area contributed by atoms with E-state index < -0.39 is 0 Å². The number of carbonyl (C=O) groups is 1. The van der Waals surface area contributed by atoms with Crippen LogP contribution in [-0.2, 0) is 16.0 Å². The van der Waals surface area contributed by atoms with Crippen molar-refractivity contribution in [3.05, 3.63) is 66.0 Å². The zero-order chi connectivity index (χ0) is 18.2. The second-order valence-electron chi connectivity index (χ2n) is 6.55. The zero-order valence-corrected chi connectivity index (χ0v) is 14.5. The molecule has 27 heavy (non-hydrogen) atoms. The van der Waals surface area contributed by atoms with Crippen LogP contribution in [0.15, 0.2) is 60.5 Å². The lowest BCUT2D eigenvalue weighted by Crippen LogP contribution is -2.24. The van der Waals surface area contributed by atoms with Gasteiger partial charge < -0.3 is 9.47 Å². The first-order valence-electron chi connectivity index (χ1n) is 8.81. The van der Waals surface area contributed by atoms with Gasteiger partial charge in [-0.2, -0.15) is 0 Å². The number of aromatic nitrogens is 4. The van der Waals surface area contributed by atoms with Crippen LogP contribution in [0.3, 0.4) is 0 Å². The Morgan fingerprint density at radius 3 is 3.00 bits per heavy atom. The molecular weight excluding hydrogens is 346 g/mol. The second-order valence-corrected chi connectivity index (χ2v) is 6.55. The second kappa shape index (κ2) is 6.39. The number of anilines is 1. The summed E-state index contributed by atoms with van der Waals surface area (Å²) in [4.78, 5) is 17.7. The Hall–Kier alpha value is -3.42. The Labute approximate surface area is 155 Å². The van der Waals surface area contributed by atoms with E-state index in [1.807, 2.05) is 24.6 Å². The minimum absolute atomic E-state index is 0.197. The number of hydrogen-bond donors (Lipinski definition) is 0. The van der Waals surface area contributed by atoms with Gasteiger partial charge >= 0.3 is 6.09 Å². The van der Waals surface area contributed by atoms with Crippen molar-refractivity contribution in [3.63, 3.8) is 0 Å². The van der Waals surface area contributed by atoms with Crippen LogP contribution in [0.25, 0.3) is 5.57 Å². The first-order valence-corrected chi connectivity index (χ1v) is 8.81. The number of cyclic esters (lactones) is 1. The van der Waals surface area contributed by atoms with Crippen LogP contribution in [-0.4, -0.2) is 39.2 Å². The minimum atomic E-state index is -0.351. The molecule has 0 bridgehead atoms. The summed E-state index contributed by atoms with van der Waals surface area (Å²) in [6, 6.07) is 3.80. The van der Waals surface area contributed by atoms with Crippen molar-refractivity contribution in [2.75, 3.05) is 18.1 Å². The van der Waals surface area contributed by atoms with E-state index in [-0.39, 0.29) is 12.0 Å². The molecular formula is C19H17N5O3. The zero-order valence-electron chi connectivity index (χ0n) is 14.5. The van der Waals surface area contributed by atoms with Gasteiger partial charge in [-0.15, -0.1) is 5.10 Å². The first-order chi connectivity index (χ1) is 13.3. The first kappa shape index (κ1) is 15.8. The van der Waals surface area contributed by atoms with Gasteiger partial charge in [0.25, 0.3) is 0 Å². The van der Waals surface area contributed by atoms with E-state index in [1.54, 1.807) is 17.1 Å². The van der Waals surface area contributed by atoms with Crippen molar-refractivity contribution in [1.82, 2.24) is 20.0 Å². The summed E-state index contributed by atoms with van der Waals surface area (Å²) >= 11 is 0. The predicted octanol–water partition coefficient (Wildman–Crippen LogP) is 2.53. The molecule has 0 N–H and O–H groups in total. The third-order valence-electron chi connectivity index (χ3n) is 4.94. The van der Waals surface area contributed by atoms with Gasteiger partial charge in [0.1, 0.15) is 18.2 Å². The van der Waals surface area contributed by atoms with Crippen molar-refractivity contribution in [2.24, 2.45) is 5.92 Å². The summed E-state index contributed by atoms with van der Waals surface area (Å²) in [5.74, 6) is 1.73. The molecule has 1 amide bonds. The molecule has 0 radical (unpaired) electrons. The summed E-state index contributed by atoms with van der Waals surface area (Å²) in [6.07, 6.45) is 11.9. The number of fused-ring (bicyclic) bond motifs is 1. The van der Waals surface area contributed by atoms with Crippen LogP contribution in [0.4, 0.5) is 10.6 Å². The average molecular weight is 363 g/mol. The van der Waals surface area contributed by atoms with Gasteiger partial charge in [-0.3, -0.25) is 4.90 Å². The van der Waals surface area contributed by atoms with Crippen molar-refractivity contribution >= 4 is 17.5 Å². The molecule has 2 aliphatic heterocycles. The highest BCUT2D eigenvalue weighted by atomic mass is 16.6. The van der Waals surface area contributed by atoms with Gasteiger partial charge in [-0.25, -0.2) is 14.5 Å². The van der Waals surface area contributed by atoms with Crippen molar-refractivity contribution < 1.29 is 14.3 Å². The third-order valence-corrected chi connectivity index (χ3v) is 4.94. The highest BCUT2D eigenvalue weighted by molar-refractivity contribution is 5.88. The Morgan fingerprint density at radius 2 is 2.26 bits per heavy atom. The van der Waals surface area contributed by atoms with Crippen LogP contribution >= 0.6 is 0 Å². The largest absolute Gasteiger partial charge is 0.468 e. The lowest BCUT2D eigenvalue weighted by Gasteiger charge is -2.20. The number of ether oxygens (including phenoxy) is 2. The lowest BCUT2D eigenvalue weighted by molar-refractivity contribution is 0.181. The number of rotatable bonds is 4. The molecule has 0 unspecified atom stereocenters. The van der Waals surface area contributed by atoms with E-state index in [2.05, 4.69) is 27.4 Å². The summed E-state index contributed by atoms with van der Waals surface area (Å²) in [5, 5.41) is 7.88. The van der Waals surface area contributed by atoms with E-state index in [0.717, 1.165) is 23.3 Å². The standard InChI is InChI=1S/C19H17N5O3/c25-19-24(8-9-26-19)17-5-4-13(10-20-17)15-2-1-3-16-14(12-27-18(15)16)11-23-7-6-21-22-23/h1-2,4-7,10,12,16H,3,8-9,11H2/t16-/m0/s1. The fourth-order valence-corrected chi connectivity index (χ4v) is 3.58. The number of pyridine rings is 1. The number of hydrogen-bond acceptors (Lipinski definition) is 6. The number of allylic oxidation sites excluding steroid dienone is 4. The summed E-state index contributed by atoms with van der Waals surface area (Å²) in [5.41, 5.74) is 3.14. The van der Waals surface area contributed by atoms with Crippen LogP contribution in [0.2, 0.25) is 0 Å². The molecule has 1 saturated heterocycles. The third kappa shape index (κ3) is 2.79. The van der Waals surface area contributed by atoms with Gasteiger partial charge in [0.15, 0.2) is 0 Å². The number of amides is 1. The van der Waals surface area contributed by atoms with Gasteiger partial charge in [-0.1, -0.05) is 17.4 Å². The number of nitrogens with zero attached hydrogens (tertiary/aromatic N) is 5. The monoisotopic (exact) mass is 363 g/mol. The Morgan fingerprint density at radius 1 is 1.30 bits per heavy atom. The molecule has 2 aromatic rings. The predicted molar refractivity (Wildman–Crippen MR) is 96.3 cm³/mol. The fourth-order valence-electron chi connectivity index (χ4n) is 3.58. The quantitative estimate of drug-likeness (QED) is 0.830. The van der Waals surface area contributed by atoms with Gasteiger partial charge in [0.2, 0.25) is 0 Å². The highest BCUT2D eigenvalue weighted by Crippen LogP contribution is 2.41. The van der Waals surface area contributed by atoms with Gasteiger partial charge in [0.05, 0.1) is 25.5 Å². The highest BCUT2D eigenvalue weighted by Gasteiger charge is 2.31. The molecule has 0 spiro atoms. The molecule has 1 atom stereocenters. The molecule has 1 fully saturated rings. The van der Waals surface area contributed by atoms with Gasteiger partial charge in [0, 0.05) is 29.4 Å². The molecule has 8 nitrogen and oxygen atoms in total. The Bertz CT molecular complexity index is 960. The Kier molecular flexibility index (Phi) is 3.74. The smallest absolute Gasteiger partial charge is 0.415 e. The molecule has 3 aliphatic rings. The molecule has 8 heteroatoms. The van der Waals surface area contributed by atoms with E-state index >= 15 is 0 Å². The van der Waals surface area contributed by atoms with Crippen LogP contribution in [0.5, 0.6) is 0 Å². The van der Waals surface area contributed by atoms with Crippen molar-refractivity contribution in [1.29, 1.82) is 0 Å². The summed E-state index contributed by atoms with van der Waals surface area (Å²) in [6.45, 7) is 1.58. The maximum atomic E-state index is 11.7. The van der Waals surface area contributed by atoms with E-state index in [1.165, 1.54) is 10.5 Å². The van der Waals surface area contributed by atoms with E-state index in [9.17, 15) is 4.79 Å². The van der Waals surface area contributed by atoms with Crippen molar-refractivity contribution in [2.45, 2.75) is 13.0 Å². The summed E-state index contributed by atoms with van der Waals surface area (Å²) in [7, 11) is 0. The molecule has 136 valence electrons. The van der Waals surface area contributed by atoms with Crippen LogP contribution in [0.1, 0.15) is 12.0 Å². The molecule has 4 heterocycles. The molecule has 5 rings (SSSR count). The molecule has 0 saturated carbocycles. The van der Waals surface area contributed by atoms with Crippen molar-refractivity contribution in [3.8, 4) is 0 Å². The number of carbonyl (C=O) groups excluding carboxylic acids is 1. The van der Waals surface area contributed by atoms with E-state index in [0.29, 0.717) is 25.5 Å². The van der Waals surface area contributed by atoms with E-state index in [4.69, 9.17) is 9.47 Å². The van der Waals surface area contributed by atoms with Crippen LogP contribution in [0, 0.1) is 5.92 Å². The Balaban J connectivity index is 1.40. The minimum Gasteiger partial charge on any atom is -0.468 e. The normalized spacial score (nSPS) is 21.2. The SMILES string of the molecule is O=C1OCCN1c1ccc(C2=C3OC=C(Cn4ccnn4)[C@@H]3CC=C2)cn1. The molecule has 1 aliphatic carbocycles. The van der Waals surface area contributed by atoms with Gasteiger partial charge in [-0.05, 0) is 24.1 Å².